The zero-order chi connectivity index (χ0) is 11.7. The summed E-state index contributed by atoms with van der Waals surface area (Å²) in [6.45, 7) is 6.03. The van der Waals surface area contributed by atoms with Crippen molar-refractivity contribution in [3.8, 4) is 0 Å². The molecule has 1 heterocycles. The smallest absolute Gasteiger partial charge is 0.246 e. The second-order valence-corrected chi connectivity index (χ2v) is 4.53. The zero-order valence-electron chi connectivity index (χ0n) is 9.61. The van der Waals surface area contributed by atoms with Crippen molar-refractivity contribution in [3.63, 3.8) is 0 Å². The van der Waals surface area contributed by atoms with E-state index in [0.717, 1.165) is 12.8 Å². The molecular formula is C12H18N2O2. The first-order valence-corrected chi connectivity index (χ1v) is 5.90. The van der Waals surface area contributed by atoms with Gasteiger partial charge in [0, 0.05) is 6.54 Å². The Morgan fingerprint density at radius 1 is 1.50 bits per heavy atom. The molecule has 1 saturated heterocycles. The van der Waals surface area contributed by atoms with Crippen molar-refractivity contribution in [3.05, 3.63) is 12.7 Å². The minimum absolute atomic E-state index is 0.0131. The van der Waals surface area contributed by atoms with Crippen molar-refractivity contribution in [1.82, 2.24) is 10.2 Å². The van der Waals surface area contributed by atoms with Gasteiger partial charge in [-0.25, -0.2) is 0 Å². The normalized spacial score (nSPS) is 30.2. The summed E-state index contributed by atoms with van der Waals surface area (Å²) in [7, 11) is 0. The monoisotopic (exact) mass is 222 g/mol. The van der Waals surface area contributed by atoms with Crippen LogP contribution in [0.4, 0.5) is 0 Å². The van der Waals surface area contributed by atoms with E-state index in [1.54, 1.807) is 11.0 Å². The van der Waals surface area contributed by atoms with E-state index in [2.05, 4.69) is 11.9 Å². The number of carbonyl (C=O) groups is 2. The molecule has 0 aromatic carbocycles. The predicted octanol–water partition coefficient (Wildman–Crippen LogP) is 0.688. The first-order valence-electron chi connectivity index (χ1n) is 5.90. The Hall–Kier alpha value is -1.32. The third-order valence-electron chi connectivity index (χ3n) is 3.33. The SMILES string of the molecule is C=CCN1C(=O)C(C2CC2)NC(=O)C1CC. The molecule has 16 heavy (non-hydrogen) atoms. The molecule has 1 N–H and O–H groups in total. The van der Waals surface area contributed by atoms with Gasteiger partial charge in [-0.1, -0.05) is 13.0 Å². The molecule has 2 unspecified atom stereocenters. The van der Waals surface area contributed by atoms with Crippen LogP contribution >= 0.6 is 0 Å². The maximum Gasteiger partial charge on any atom is 0.246 e. The summed E-state index contributed by atoms with van der Waals surface area (Å²) < 4.78 is 0. The number of nitrogens with zero attached hydrogens (tertiary/aromatic N) is 1. The van der Waals surface area contributed by atoms with E-state index in [4.69, 9.17) is 0 Å². The van der Waals surface area contributed by atoms with Gasteiger partial charge in [-0.05, 0) is 25.2 Å². The number of piperazine rings is 1. The van der Waals surface area contributed by atoms with E-state index in [-0.39, 0.29) is 23.9 Å². The third-order valence-corrected chi connectivity index (χ3v) is 3.33. The fourth-order valence-electron chi connectivity index (χ4n) is 2.30. The summed E-state index contributed by atoms with van der Waals surface area (Å²) in [5.74, 6) is 0.413. The van der Waals surface area contributed by atoms with Crippen molar-refractivity contribution in [1.29, 1.82) is 0 Å². The summed E-state index contributed by atoms with van der Waals surface area (Å²) >= 11 is 0. The molecule has 0 aromatic heterocycles. The lowest BCUT2D eigenvalue weighted by molar-refractivity contribution is -0.149. The molecule has 1 aliphatic carbocycles. The average Bonchev–Trinajstić information content (AvgIpc) is 3.07. The molecule has 0 bridgehead atoms. The van der Waals surface area contributed by atoms with Gasteiger partial charge in [-0.15, -0.1) is 6.58 Å². The highest BCUT2D eigenvalue weighted by molar-refractivity contribution is 5.97. The number of carbonyl (C=O) groups excluding carboxylic acids is 2. The summed E-state index contributed by atoms with van der Waals surface area (Å²) in [6.07, 6.45) is 4.44. The molecule has 0 aromatic rings. The number of nitrogens with one attached hydrogen (secondary N) is 1. The van der Waals surface area contributed by atoms with Gasteiger partial charge in [0.1, 0.15) is 12.1 Å². The van der Waals surface area contributed by atoms with Crippen LogP contribution in [0, 0.1) is 5.92 Å². The van der Waals surface area contributed by atoms with Gasteiger partial charge in [0.15, 0.2) is 0 Å². The lowest BCUT2D eigenvalue weighted by Crippen LogP contribution is -2.63. The Kier molecular flexibility index (Phi) is 2.99. The van der Waals surface area contributed by atoms with Crippen molar-refractivity contribution >= 4 is 11.8 Å². The topological polar surface area (TPSA) is 49.4 Å². The summed E-state index contributed by atoms with van der Waals surface area (Å²) in [5.41, 5.74) is 0. The maximum atomic E-state index is 12.2. The molecule has 88 valence electrons. The standard InChI is InChI=1S/C12H18N2O2/c1-3-7-14-9(4-2)11(15)13-10(12(14)16)8-5-6-8/h3,8-10H,1,4-7H2,2H3,(H,13,15). The van der Waals surface area contributed by atoms with Gasteiger partial charge in [-0.3, -0.25) is 9.59 Å². The molecule has 1 aliphatic heterocycles. The largest absolute Gasteiger partial charge is 0.342 e. The van der Waals surface area contributed by atoms with E-state index in [0.29, 0.717) is 18.9 Å². The molecule has 2 atom stereocenters. The highest BCUT2D eigenvalue weighted by Gasteiger charge is 2.45. The molecule has 2 fully saturated rings. The number of hydrogen-bond donors (Lipinski definition) is 1. The Morgan fingerprint density at radius 2 is 2.19 bits per heavy atom. The third kappa shape index (κ3) is 1.84. The van der Waals surface area contributed by atoms with Crippen LogP contribution in [0.25, 0.3) is 0 Å². The fraction of sp³-hybridized carbons (Fsp3) is 0.667. The summed E-state index contributed by atoms with van der Waals surface area (Å²) in [4.78, 5) is 25.7. The van der Waals surface area contributed by atoms with Crippen LogP contribution in [-0.4, -0.2) is 35.3 Å². The highest BCUT2D eigenvalue weighted by Crippen LogP contribution is 2.35. The molecule has 2 amide bonds. The van der Waals surface area contributed by atoms with Crippen molar-refractivity contribution in [2.75, 3.05) is 6.54 Å². The number of amides is 2. The van der Waals surface area contributed by atoms with E-state index in [9.17, 15) is 9.59 Å². The molecular weight excluding hydrogens is 204 g/mol. The molecule has 0 radical (unpaired) electrons. The van der Waals surface area contributed by atoms with E-state index in [1.807, 2.05) is 6.92 Å². The first-order chi connectivity index (χ1) is 7.69. The second kappa shape index (κ2) is 4.28. The first kappa shape index (κ1) is 11.2. The van der Waals surface area contributed by atoms with Crippen LogP contribution < -0.4 is 5.32 Å². The Morgan fingerprint density at radius 3 is 2.69 bits per heavy atom. The molecule has 4 heteroatoms. The minimum Gasteiger partial charge on any atom is -0.342 e. The van der Waals surface area contributed by atoms with Crippen molar-refractivity contribution < 1.29 is 9.59 Å². The fourth-order valence-corrected chi connectivity index (χ4v) is 2.30. The van der Waals surface area contributed by atoms with Crippen LogP contribution in [-0.2, 0) is 9.59 Å². The zero-order valence-corrected chi connectivity index (χ0v) is 9.61. The molecule has 2 rings (SSSR count). The quantitative estimate of drug-likeness (QED) is 0.711. The van der Waals surface area contributed by atoms with Crippen molar-refractivity contribution in [2.45, 2.75) is 38.3 Å². The lowest BCUT2D eigenvalue weighted by Gasteiger charge is -2.38. The van der Waals surface area contributed by atoms with E-state index >= 15 is 0 Å². The minimum atomic E-state index is -0.319. The molecule has 0 spiro atoms. The van der Waals surface area contributed by atoms with E-state index < -0.39 is 0 Å². The Balaban J connectivity index is 2.17. The summed E-state index contributed by atoms with van der Waals surface area (Å²) in [6, 6.07) is -0.601. The average molecular weight is 222 g/mol. The molecule has 1 saturated carbocycles. The van der Waals surface area contributed by atoms with Gasteiger partial charge >= 0.3 is 0 Å². The van der Waals surface area contributed by atoms with Crippen LogP contribution in [0.15, 0.2) is 12.7 Å². The van der Waals surface area contributed by atoms with Crippen LogP contribution in [0.1, 0.15) is 26.2 Å². The Labute approximate surface area is 95.7 Å². The number of rotatable bonds is 4. The maximum absolute atomic E-state index is 12.2. The Bertz CT molecular complexity index is 323. The van der Waals surface area contributed by atoms with Gasteiger partial charge in [0.2, 0.25) is 11.8 Å². The summed E-state index contributed by atoms with van der Waals surface area (Å²) in [5, 5.41) is 2.85. The van der Waals surface area contributed by atoms with Gasteiger partial charge in [-0.2, -0.15) is 0 Å². The van der Waals surface area contributed by atoms with E-state index in [1.165, 1.54) is 0 Å². The van der Waals surface area contributed by atoms with Crippen LogP contribution in [0.3, 0.4) is 0 Å². The van der Waals surface area contributed by atoms with Gasteiger partial charge in [0.25, 0.3) is 0 Å². The predicted molar refractivity (Wildman–Crippen MR) is 60.6 cm³/mol. The number of hydrogen-bond acceptors (Lipinski definition) is 2. The van der Waals surface area contributed by atoms with Crippen molar-refractivity contribution in [2.24, 2.45) is 5.92 Å². The van der Waals surface area contributed by atoms with Gasteiger partial charge in [0.05, 0.1) is 0 Å². The van der Waals surface area contributed by atoms with Crippen LogP contribution in [0.2, 0.25) is 0 Å². The second-order valence-electron chi connectivity index (χ2n) is 4.53. The van der Waals surface area contributed by atoms with Gasteiger partial charge < -0.3 is 10.2 Å². The van der Waals surface area contributed by atoms with Crippen LogP contribution in [0.5, 0.6) is 0 Å². The lowest BCUT2D eigenvalue weighted by atomic mass is 10.0. The molecule has 4 nitrogen and oxygen atoms in total. The molecule has 2 aliphatic rings. The highest BCUT2D eigenvalue weighted by atomic mass is 16.2.